The summed E-state index contributed by atoms with van der Waals surface area (Å²) in [5.41, 5.74) is 0. The minimum Gasteiger partial charge on any atom is -0.480 e. The first-order valence-electron chi connectivity index (χ1n) is 6.32. The smallest absolute Gasteiger partial charge is 0.321 e. The largest absolute Gasteiger partial charge is 0.480 e. The molecule has 1 unspecified atom stereocenters. The zero-order chi connectivity index (χ0) is 12.4. The molecule has 1 N–H and O–H groups in total. The summed E-state index contributed by atoms with van der Waals surface area (Å²) in [6, 6.07) is -0.332. The molecule has 1 heterocycles. The Morgan fingerprint density at radius 2 is 1.88 bits per heavy atom. The van der Waals surface area contributed by atoms with Crippen LogP contribution in [-0.4, -0.2) is 59.0 Å². The van der Waals surface area contributed by atoms with Crippen molar-refractivity contribution in [2.24, 2.45) is 5.92 Å². The third kappa shape index (κ3) is 2.97. The highest BCUT2D eigenvalue weighted by molar-refractivity contribution is 5.74. The number of carboxylic acids is 1. The maximum Gasteiger partial charge on any atom is 0.321 e. The number of aliphatic carboxylic acids is 1. The molecular weight excluding hydrogens is 220 g/mol. The van der Waals surface area contributed by atoms with Gasteiger partial charge in [-0.1, -0.05) is 0 Å². The second kappa shape index (κ2) is 5.04. The van der Waals surface area contributed by atoms with E-state index in [9.17, 15) is 14.7 Å². The Hall–Kier alpha value is -1.10. The molecule has 2 fully saturated rings. The van der Waals surface area contributed by atoms with Gasteiger partial charge in [-0.25, -0.2) is 0 Å². The standard InChI is InChI=1S/C12H20N2O3/c1-9(15)13-5-2-6-14(8-7-13)11(12(16)17)10-3-4-10/h10-11H,2-8H2,1H3,(H,16,17). The van der Waals surface area contributed by atoms with Crippen molar-refractivity contribution in [3.8, 4) is 0 Å². The number of nitrogens with zero attached hydrogens (tertiary/aromatic N) is 2. The highest BCUT2D eigenvalue weighted by Crippen LogP contribution is 2.35. The monoisotopic (exact) mass is 240 g/mol. The van der Waals surface area contributed by atoms with E-state index in [0.29, 0.717) is 19.0 Å². The van der Waals surface area contributed by atoms with Crippen molar-refractivity contribution < 1.29 is 14.7 Å². The van der Waals surface area contributed by atoms with Crippen LogP contribution in [0.25, 0.3) is 0 Å². The maximum atomic E-state index is 11.3. The lowest BCUT2D eigenvalue weighted by atomic mass is 10.1. The molecule has 1 amide bonds. The van der Waals surface area contributed by atoms with E-state index >= 15 is 0 Å². The van der Waals surface area contributed by atoms with Crippen molar-refractivity contribution in [1.29, 1.82) is 0 Å². The Bertz CT molecular complexity index is 315. The molecule has 1 saturated carbocycles. The number of hydrogen-bond donors (Lipinski definition) is 1. The van der Waals surface area contributed by atoms with Gasteiger partial charge in [-0.05, 0) is 25.2 Å². The number of rotatable bonds is 3. The van der Waals surface area contributed by atoms with Gasteiger partial charge in [0.15, 0.2) is 0 Å². The quantitative estimate of drug-likeness (QED) is 0.776. The predicted octanol–water partition coefficient (Wildman–Crippen LogP) is 0.404. The second-order valence-corrected chi connectivity index (χ2v) is 5.02. The van der Waals surface area contributed by atoms with Crippen LogP contribution in [0.1, 0.15) is 26.2 Å². The summed E-state index contributed by atoms with van der Waals surface area (Å²) in [4.78, 5) is 26.4. The van der Waals surface area contributed by atoms with Crippen molar-refractivity contribution in [3.05, 3.63) is 0 Å². The molecule has 2 aliphatic rings. The molecule has 1 saturated heterocycles. The number of hydrogen-bond acceptors (Lipinski definition) is 3. The lowest BCUT2D eigenvalue weighted by Gasteiger charge is -2.27. The van der Waals surface area contributed by atoms with Crippen LogP contribution in [0.15, 0.2) is 0 Å². The van der Waals surface area contributed by atoms with Gasteiger partial charge in [-0.3, -0.25) is 14.5 Å². The summed E-state index contributed by atoms with van der Waals surface area (Å²) in [6.07, 6.45) is 2.93. The number of amides is 1. The second-order valence-electron chi connectivity index (χ2n) is 5.02. The van der Waals surface area contributed by atoms with E-state index in [4.69, 9.17) is 0 Å². The summed E-state index contributed by atoms with van der Waals surface area (Å²) in [5.74, 6) is -0.287. The highest BCUT2D eigenvalue weighted by atomic mass is 16.4. The summed E-state index contributed by atoms with van der Waals surface area (Å²) in [7, 11) is 0. The molecule has 1 aliphatic heterocycles. The third-order valence-electron chi connectivity index (χ3n) is 3.69. The summed E-state index contributed by atoms with van der Waals surface area (Å²) < 4.78 is 0. The zero-order valence-electron chi connectivity index (χ0n) is 10.3. The fourth-order valence-electron chi connectivity index (χ4n) is 2.60. The van der Waals surface area contributed by atoms with Gasteiger partial charge in [0.05, 0.1) is 0 Å². The zero-order valence-corrected chi connectivity index (χ0v) is 10.3. The molecule has 0 aromatic rings. The van der Waals surface area contributed by atoms with Gasteiger partial charge in [0.2, 0.25) is 5.91 Å². The molecule has 17 heavy (non-hydrogen) atoms. The Kier molecular flexibility index (Phi) is 3.66. The Morgan fingerprint density at radius 1 is 1.18 bits per heavy atom. The van der Waals surface area contributed by atoms with Crippen molar-refractivity contribution >= 4 is 11.9 Å². The van der Waals surface area contributed by atoms with Crippen LogP contribution in [0.3, 0.4) is 0 Å². The van der Waals surface area contributed by atoms with Gasteiger partial charge in [0.1, 0.15) is 6.04 Å². The van der Waals surface area contributed by atoms with Crippen molar-refractivity contribution in [1.82, 2.24) is 9.80 Å². The van der Waals surface area contributed by atoms with Crippen LogP contribution in [0.5, 0.6) is 0 Å². The molecule has 1 atom stereocenters. The van der Waals surface area contributed by atoms with Gasteiger partial charge >= 0.3 is 5.97 Å². The van der Waals surface area contributed by atoms with Gasteiger partial charge < -0.3 is 10.0 Å². The van der Waals surface area contributed by atoms with Gasteiger partial charge in [-0.15, -0.1) is 0 Å². The molecule has 5 nitrogen and oxygen atoms in total. The van der Waals surface area contributed by atoms with Gasteiger partial charge in [-0.2, -0.15) is 0 Å². The van der Waals surface area contributed by atoms with Crippen LogP contribution in [-0.2, 0) is 9.59 Å². The highest BCUT2D eigenvalue weighted by Gasteiger charge is 2.40. The molecule has 0 spiro atoms. The Labute approximate surface area is 101 Å². The van der Waals surface area contributed by atoms with E-state index < -0.39 is 5.97 Å². The van der Waals surface area contributed by atoms with Crippen LogP contribution in [0.4, 0.5) is 0 Å². The third-order valence-corrected chi connectivity index (χ3v) is 3.69. The van der Waals surface area contributed by atoms with Crippen LogP contribution in [0, 0.1) is 5.92 Å². The topological polar surface area (TPSA) is 60.9 Å². The maximum absolute atomic E-state index is 11.3. The van der Waals surface area contributed by atoms with Crippen LogP contribution >= 0.6 is 0 Å². The van der Waals surface area contributed by atoms with E-state index in [0.717, 1.165) is 32.4 Å². The van der Waals surface area contributed by atoms with Crippen molar-refractivity contribution in [2.45, 2.75) is 32.2 Å². The minimum absolute atomic E-state index is 0.0881. The number of carboxylic acid groups (broad SMARTS) is 1. The Balaban J connectivity index is 1.97. The molecule has 0 radical (unpaired) electrons. The molecule has 96 valence electrons. The van der Waals surface area contributed by atoms with E-state index in [1.165, 1.54) is 0 Å². The average Bonchev–Trinajstić information content (AvgIpc) is 3.04. The predicted molar refractivity (Wildman–Crippen MR) is 62.6 cm³/mol. The first-order valence-corrected chi connectivity index (χ1v) is 6.32. The van der Waals surface area contributed by atoms with Crippen molar-refractivity contribution in [2.75, 3.05) is 26.2 Å². The van der Waals surface area contributed by atoms with E-state index in [-0.39, 0.29) is 11.9 Å². The van der Waals surface area contributed by atoms with Gasteiger partial charge in [0, 0.05) is 33.1 Å². The lowest BCUT2D eigenvalue weighted by Crippen LogP contribution is -2.45. The first kappa shape index (κ1) is 12.4. The SMILES string of the molecule is CC(=O)N1CCCN(C(C(=O)O)C2CC2)CC1. The minimum atomic E-state index is -0.705. The number of carbonyl (C=O) groups excluding carboxylic acids is 1. The fraction of sp³-hybridized carbons (Fsp3) is 0.833. The average molecular weight is 240 g/mol. The van der Waals surface area contributed by atoms with E-state index in [1.54, 1.807) is 6.92 Å². The first-order chi connectivity index (χ1) is 8.09. The van der Waals surface area contributed by atoms with Gasteiger partial charge in [0.25, 0.3) is 0 Å². The van der Waals surface area contributed by atoms with Crippen molar-refractivity contribution in [3.63, 3.8) is 0 Å². The fourth-order valence-corrected chi connectivity index (χ4v) is 2.60. The molecule has 2 rings (SSSR count). The lowest BCUT2D eigenvalue weighted by molar-refractivity contribution is -0.144. The summed E-state index contributed by atoms with van der Waals surface area (Å²) in [6.45, 7) is 4.46. The van der Waals surface area contributed by atoms with E-state index in [1.807, 2.05) is 9.80 Å². The number of carbonyl (C=O) groups is 2. The molecule has 0 aromatic heterocycles. The molecule has 5 heteroatoms. The Morgan fingerprint density at radius 3 is 2.41 bits per heavy atom. The molecular formula is C12H20N2O3. The molecule has 0 bridgehead atoms. The van der Waals surface area contributed by atoms with Crippen LogP contribution < -0.4 is 0 Å². The van der Waals surface area contributed by atoms with E-state index in [2.05, 4.69) is 0 Å². The normalized spacial score (nSPS) is 24.2. The van der Waals surface area contributed by atoms with Crippen LogP contribution in [0.2, 0.25) is 0 Å². The molecule has 1 aliphatic carbocycles. The molecule has 0 aromatic carbocycles. The summed E-state index contributed by atoms with van der Waals surface area (Å²) in [5, 5.41) is 9.28. The summed E-state index contributed by atoms with van der Waals surface area (Å²) >= 11 is 0.